The van der Waals surface area contributed by atoms with Crippen molar-refractivity contribution >= 4 is 10.0 Å². The van der Waals surface area contributed by atoms with Gasteiger partial charge < -0.3 is 9.64 Å². The summed E-state index contributed by atoms with van der Waals surface area (Å²) in [4.78, 5) is 2.66. The lowest BCUT2D eigenvalue weighted by molar-refractivity contribution is 0.172. The van der Waals surface area contributed by atoms with Gasteiger partial charge in [0, 0.05) is 32.7 Å². The van der Waals surface area contributed by atoms with E-state index in [1.165, 1.54) is 0 Å². The summed E-state index contributed by atoms with van der Waals surface area (Å²) in [5, 5.41) is 0. The molecule has 0 bridgehead atoms. The Morgan fingerprint density at radius 3 is 2.14 bits per heavy atom. The van der Waals surface area contributed by atoms with Crippen molar-refractivity contribution < 1.29 is 13.2 Å². The lowest BCUT2D eigenvalue weighted by Crippen LogP contribution is -2.49. The predicted molar refractivity (Wildman–Crippen MR) is 83.0 cm³/mol. The maximum atomic E-state index is 12.6. The van der Waals surface area contributed by atoms with Gasteiger partial charge >= 0.3 is 0 Å². The SMILES string of the molecule is COc1ccc(S(=O)(=O)N2CCN(CC(C)C)CC2)cc1. The van der Waals surface area contributed by atoms with Gasteiger partial charge in [0.1, 0.15) is 5.75 Å². The summed E-state index contributed by atoms with van der Waals surface area (Å²) >= 11 is 0. The fourth-order valence-electron chi connectivity index (χ4n) is 2.57. The number of hydrogen-bond acceptors (Lipinski definition) is 4. The second-order valence-electron chi connectivity index (χ2n) is 5.77. The first kappa shape index (κ1) is 16.3. The smallest absolute Gasteiger partial charge is 0.243 e. The predicted octanol–water partition coefficient (Wildman–Crippen LogP) is 1.66. The number of ether oxygens (including phenoxy) is 1. The van der Waals surface area contributed by atoms with Crippen molar-refractivity contribution in [3.05, 3.63) is 24.3 Å². The molecule has 1 fully saturated rings. The Labute approximate surface area is 127 Å². The first-order valence-corrected chi connectivity index (χ1v) is 8.74. The largest absolute Gasteiger partial charge is 0.497 e. The standard InChI is InChI=1S/C15H24N2O3S/c1-13(2)12-16-8-10-17(11-9-16)21(18,19)15-6-4-14(20-3)5-7-15/h4-7,13H,8-12H2,1-3H3. The molecule has 2 rings (SSSR count). The number of hydrogen-bond donors (Lipinski definition) is 0. The van der Waals surface area contributed by atoms with Crippen LogP contribution >= 0.6 is 0 Å². The fourth-order valence-corrected chi connectivity index (χ4v) is 3.99. The minimum absolute atomic E-state index is 0.334. The van der Waals surface area contributed by atoms with Gasteiger partial charge in [0.15, 0.2) is 0 Å². The van der Waals surface area contributed by atoms with Crippen molar-refractivity contribution in [1.82, 2.24) is 9.21 Å². The summed E-state index contributed by atoms with van der Waals surface area (Å²) < 4.78 is 31.8. The van der Waals surface area contributed by atoms with Crippen LogP contribution in [0.5, 0.6) is 5.75 Å². The highest BCUT2D eigenvalue weighted by atomic mass is 32.2. The number of benzene rings is 1. The first-order valence-electron chi connectivity index (χ1n) is 7.30. The molecule has 0 spiro atoms. The zero-order chi connectivity index (χ0) is 15.5. The normalized spacial score (nSPS) is 18.1. The van der Waals surface area contributed by atoms with Crippen LogP contribution in [0.25, 0.3) is 0 Å². The first-order chi connectivity index (χ1) is 9.93. The van der Waals surface area contributed by atoms with Crippen LogP contribution in [0.2, 0.25) is 0 Å². The van der Waals surface area contributed by atoms with E-state index in [2.05, 4.69) is 18.7 Å². The van der Waals surface area contributed by atoms with Gasteiger partial charge in [-0.2, -0.15) is 4.31 Å². The highest BCUT2D eigenvalue weighted by Crippen LogP contribution is 2.20. The van der Waals surface area contributed by atoms with Gasteiger partial charge in [0.2, 0.25) is 10.0 Å². The van der Waals surface area contributed by atoms with Gasteiger partial charge in [-0.3, -0.25) is 0 Å². The van der Waals surface area contributed by atoms with Crippen LogP contribution in [-0.2, 0) is 10.0 Å². The molecule has 1 aromatic carbocycles. The van der Waals surface area contributed by atoms with Crippen molar-refractivity contribution in [2.75, 3.05) is 39.8 Å². The maximum absolute atomic E-state index is 12.6. The molecule has 5 nitrogen and oxygen atoms in total. The van der Waals surface area contributed by atoms with Crippen molar-refractivity contribution in [3.63, 3.8) is 0 Å². The Morgan fingerprint density at radius 1 is 1.10 bits per heavy atom. The maximum Gasteiger partial charge on any atom is 0.243 e. The minimum Gasteiger partial charge on any atom is -0.497 e. The van der Waals surface area contributed by atoms with Crippen LogP contribution in [0.3, 0.4) is 0 Å². The summed E-state index contributed by atoms with van der Waals surface area (Å²) in [6.45, 7) is 8.10. The summed E-state index contributed by atoms with van der Waals surface area (Å²) in [5.74, 6) is 1.27. The van der Waals surface area contributed by atoms with Crippen LogP contribution in [-0.4, -0.2) is 57.5 Å². The Morgan fingerprint density at radius 2 is 1.67 bits per heavy atom. The van der Waals surface area contributed by atoms with Gasteiger partial charge in [-0.15, -0.1) is 0 Å². The molecule has 0 aliphatic carbocycles. The van der Waals surface area contributed by atoms with Crippen molar-refractivity contribution in [1.29, 1.82) is 0 Å². The molecule has 0 amide bonds. The molecule has 6 heteroatoms. The monoisotopic (exact) mass is 312 g/mol. The van der Waals surface area contributed by atoms with Crippen LogP contribution in [0.15, 0.2) is 29.2 Å². The zero-order valence-electron chi connectivity index (χ0n) is 12.9. The quantitative estimate of drug-likeness (QED) is 0.830. The molecule has 1 heterocycles. The molecular formula is C15H24N2O3S. The molecule has 0 unspecified atom stereocenters. The Kier molecular flexibility index (Phi) is 5.24. The molecule has 118 valence electrons. The molecule has 0 saturated carbocycles. The zero-order valence-corrected chi connectivity index (χ0v) is 13.8. The molecule has 21 heavy (non-hydrogen) atoms. The van der Waals surface area contributed by atoms with Crippen LogP contribution in [0.1, 0.15) is 13.8 Å². The van der Waals surface area contributed by atoms with E-state index in [4.69, 9.17) is 4.74 Å². The van der Waals surface area contributed by atoms with Gasteiger partial charge in [-0.05, 0) is 30.2 Å². The third-order valence-electron chi connectivity index (χ3n) is 3.65. The second kappa shape index (κ2) is 6.77. The van der Waals surface area contributed by atoms with Crippen molar-refractivity contribution in [2.45, 2.75) is 18.7 Å². The molecule has 1 aliphatic heterocycles. The molecule has 1 aromatic rings. The summed E-state index contributed by atoms with van der Waals surface area (Å²) in [7, 11) is -1.82. The number of methoxy groups -OCH3 is 1. The number of piperazine rings is 1. The highest BCUT2D eigenvalue weighted by Gasteiger charge is 2.28. The Balaban J connectivity index is 2.03. The van der Waals surface area contributed by atoms with E-state index < -0.39 is 10.0 Å². The van der Waals surface area contributed by atoms with Crippen LogP contribution in [0.4, 0.5) is 0 Å². The van der Waals surface area contributed by atoms with Crippen LogP contribution < -0.4 is 4.74 Å². The van der Waals surface area contributed by atoms with E-state index in [0.717, 1.165) is 19.6 Å². The van der Waals surface area contributed by atoms with E-state index in [9.17, 15) is 8.42 Å². The van der Waals surface area contributed by atoms with Crippen molar-refractivity contribution in [3.8, 4) is 5.75 Å². The molecule has 1 saturated heterocycles. The summed E-state index contributed by atoms with van der Waals surface area (Å²) in [6.07, 6.45) is 0. The number of sulfonamides is 1. The third-order valence-corrected chi connectivity index (χ3v) is 5.56. The van der Waals surface area contributed by atoms with E-state index in [0.29, 0.717) is 29.7 Å². The Bertz CT molecular complexity index is 547. The molecule has 1 aliphatic rings. The van der Waals surface area contributed by atoms with E-state index in [1.807, 2.05) is 0 Å². The number of nitrogens with zero attached hydrogens (tertiary/aromatic N) is 2. The number of rotatable bonds is 5. The molecule has 0 N–H and O–H groups in total. The molecule has 0 atom stereocenters. The lowest BCUT2D eigenvalue weighted by Gasteiger charge is -2.34. The molecule has 0 aromatic heterocycles. The topological polar surface area (TPSA) is 49.9 Å². The van der Waals surface area contributed by atoms with Gasteiger partial charge in [0.25, 0.3) is 0 Å². The molecular weight excluding hydrogens is 288 g/mol. The second-order valence-corrected chi connectivity index (χ2v) is 7.71. The van der Waals surface area contributed by atoms with E-state index in [1.54, 1.807) is 35.7 Å². The summed E-state index contributed by atoms with van der Waals surface area (Å²) in [5.41, 5.74) is 0. The average molecular weight is 312 g/mol. The van der Waals surface area contributed by atoms with Gasteiger partial charge in [0.05, 0.1) is 12.0 Å². The summed E-state index contributed by atoms with van der Waals surface area (Å²) in [6, 6.07) is 6.58. The highest BCUT2D eigenvalue weighted by molar-refractivity contribution is 7.89. The van der Waals surface area contributed by atoms with Gasteiger partial charge in [-0.25, -0.2) is 8.42 Å². The fraction of sp³-hybridized carbons (Fsp3) is 0.600. The van der Waals surface area contributed by atoms with Gasteiger partial charge in [-0.1, -0.05) is 13.8 Å². The van der Waals surface area contributed by atoms with E-state index in [-0.39, 0.29) is 0 Å². The van der Waals surface area contributed by atoms with E-state index >= 15 is 0 Å². The van der Waals surface area contributed by atoms with Crippen molar-refractivity contribution in [2.24, 2.45) is 5.92 Å². The third kappa shape index (κ3) is 3.96. The Hall–Kier alpha value is -1.11. The average Bonchev–Trinajstić information content (AvgIpc) is 2.47. The lowest BCUT2D eigenvalue weighted by atomic mass is 10.2. The minimum atomic E-state index is -3.39. The van der Waals surface area contributed by atoms with Crippen LogP contribution in [0, 0.1) is 5.92 Å². The molecule has 0 radical (unpaired) electrons.